The van der Waals surface area contributed by atoms with Crippen molar-refractivity contribution >= 4 is 29.1 Å². The number of benzene rings is 2. The number of nitrogens with zero attached hydrogens (tertiary/aromatic N) is 3. The molecule has 0 spiro atoms. The second kappa shape index (κ2) is 8.76. The highest BCUT2D eigenvalue weighted by molar-refractivity contribution is 5.93. The van der Waals surface area contributed by atoms with Gasteiger partial charge in [0.1, 0.15) is 0 Å². The third kappa shape index (κ3) is 3.83. The van der Waals surface area contributed by atoms with E-state index in [0.717, 1.165) is 38.3 Å². The Balaban J connectivity index is 0.00000231. The number of hydrogen-bond donors (Lipinski definition) is 0. The minimum absolute atomic E-state index is 0. The van der Waals surface area contributed by atoms with Gasteiger partial charge in [-0.1, -0.05) is 61.0 Å². The summed E-state index contributed by atoms with van der Waals surface area (Å²) >= 11 is 0. The number of pyridine rings is 1. The fourth-order valence-electron chi connectivity index (χ4n) is 5.04. The summed E-state index contributed by atoms with van der Waals surface area (Å²) in [7, 11) is 0. The van der Waals surface area contributed by atoms with Crippen molar-refractivity contribution in [3.63, 3.8) is 0 Å². The van der Waals surface area contributed by atoms with Crippen LogP contribution in [0.4, 0.5) is 5.82 Å². The van der Waals surface area contributed by atoms with E-state index in [1.165, 1.54) is 44.4 Å². The molecule has 0 unspecified atom stereocenters. The van der Waals surface area contributed by atoms with Gasteiger partial charge >= 0.3 is 0 Å². The van der Waals surface area contributed by atoms with Gasteiger partial charge in [-0.2, -0.15) is 0 Å². The molecule has 3 heterocycles. The van der Waals surface area contributed by atoms with Crippen LogP contribution in [-0.2, 0) is 25.9 Å². The summed E-state index contributed by atoms with van der Waals surface area (Å²) in [6.07, 6.45) is 4.09. The van der Waals surface area contributed by atoms with Crippen molar-refractivity contribution in [3.8, 4) is 0 Å². The summed E-state index contributed by atoms with van der Waals surface area (Å²) in [4.78, 5) is 7.39. The molecule has 5 rings (SSSR count). The van der Waals surface area contributed by atoms with E-state index in [9.17, 15) is 0 Å². The number of halogens is 1. The van der Waals surface area contributed by atoms with Gasteiger partial charge in [-0.05, 0) is 55.0 Å². The standard InChI is InChI=1S/C27H29N3.ClH/c1-4-25-20(3)24-12-14-28-27(29-15-13-22-10-5-6-11-23(22)18-29)26(24)30(25)17-21-9-7-8-19(2)16-21;/h5-12,14,16H,4,13,15,17-18H2,1-3H3;1H. The lowest BCUT2D eigenvalue weighted by Crippen LogP contribution is -2.31. The second-order valence-electron chi connectivity index (χ2n) is 8.47. The maximum Gasteiger partial charge on any atom is 0.153 e. The van der Waals surface area contributed by atoms with Crippen LogP contribution in [0.15, 0.2) is 60.8 Å². The monoisotopic (exact) mass is 431 g/mol. The van der Waals surface area contributed by atoms with Crippen molar-refractivity contribution in [1.82, 2.24) is 9.55 Å². The molecule has 0 aliphatic carbocycles. The van der Waals surface area contributed by atoms with E-state index in [1.54, 1.807) is 0 Å². The lowest BCUT2D eigenvalue weighted by atomic mass is 10.00. The number of aryl methyl sites for hydroxylation is 2. The molecule has 3 nitrogen and oxygen atoms in total. The molecule has 0 amide bonds. The zero-order valence-electron chi connectivity index (χ0n) is 18.6. The average molecular weight is 432 g/mol. The van der Waals surface area contributed by atoms with Crippen LogP contribution in [0, 0.1) is 13.8 Å². The van der Waals surface area contributed by atoms with Crippen LogP contribution in [-0.4, -0.2) is 16.1 Å². The Labute approximate surface area is 191 Å². The first-order chi connectivity index (χ1) is 14.7. The molecule has 1 aliphatic rings. The fraction of sp³-hybridized carbons (Fsp3) is 0.296. The number of rotatable bonds is 4. The van der Waals surface area contributed by atoms with E-state index in [0.29, 0.717) is 0 Å². The van der Waals surface area contributed by atoms with Gasteiger partial charge in [0.25, 0.3) is 0 Å². The van der Waals surface area contributed by atoms with Crippen molar-refractivity contribution in [2.75, 3.05) is 11.4 Å². The molecule has 1 aliphatic heterocycles. The van der Waals surface area contributed by atoms with Gasteiger partial charge in [0, 0.05) is 36.9 Å². The third-order valence-corrected chi connectivity index (χ3v) is 6.53. The van der Waals surface area contributed by atoms with Gasteiger partial charge in [0.2, 0.25) is 0 Å². The summed E-state index contributed by atoms with van der Waals surface area (Å²) in [6, 6.07) is 19.9. The van der Waals surface area contributed by atoms with Crippen molar-refractivity contribution < 1.29 is 0 Å². The Bertz CT molecular complexity index is 1220. The molecule has 0 bridgehead atoms. The maximum atomic E-state index is 4.92. The Hall–Kier alpha value is -2.78. The molecule has 0 atom stereocenters. The summed E-state index contributed by atoms with van der Waals surface area (Å²) in [5, 5.41) is 1.34. The van der Waals surface area contributed by atoms with Crippen LogP contribution in [0.3, 0.4) is 0 Å². The van der Waals surface area contributed by atoms with Crippen molar-refractivity contribution in [3.05, 3.63) is 94.3 Å². The number of anilines is 1. The highest BCUT2D eigenvalue weighted by Gasteiger charge is 2.23. The van der Waals surface area contributed by atoms with Gasteiger partial charge in [-0.3, -0.25) is 0 Å². The molecule has 0 N–H and O–H groups in total. The molecular weight excluding hydrogens is 402 g/mol. The van der Waals surface area contributed by atoms with Crippen molar-refractivity contribution in [2.24, 2.45) is 0 Å². The summed E-state index contributed by atoms with van der Waals surface area (Å²) in [6.45, 7) is 9.53. The molecule has 160 valence electrons. The van der Waals surface area contributed by atoms with Gasteiger partial charge in [-0.25, -0.2) is 4.98 Å². The number of fused-ring (bicyclic) bond motifs is 2. The van der Waals surface area contributed by atoms with Crippen LogP contribution in [0.1, 0.15) is 40.4 Å². The van der Waals surface area contributed by atoms with Crippen LogP contribution in [0.25, 0.3) is 10.9 Å². The molecule has 0 saturated heterocycles. The quantitative estimate of drug-likeness (QED) is 0.381. The first kappa shape index (κ1) is 21.5. The van der Waals surface area contributed by atoms with E-state index in [-0.39, 0.29) is 12.4 Å². The first-order valence-corrected chi connectivity index (χ1v) is 11.0. The predicted octanol–water partition coefficient (Wildman–Crippen LogP) is 6.25. The van der Waals surface area contributed by atoms with Crippen LogP contribution < -0.4 is 4.90 Å². The molecule has 4 aromatic rings. The fourth-order valence-corrected chi connectivity index (χ4v) is 5.04. The SMILES string of the molecule is CCc1c(C)c2ccnc(N3CCc4ccccc4C3)c2n1Cc1cccc(C)c1.Cl. The highest BCUT2D eigenvalue weighted by Crippen LogP contribution is 2.34. The smallest absolute Gasteiger partial charge is 0.153 e. The minimum Gasteiger partial charge on any atom is -0.350 e. The normalized spacial score (nSPS) is 13.2. The minimum atomic E-state index is 0. The van der Waals surface area contributed by atoms with Gasteiger partial charge < -0.3 is 9.47 Å². The summed E-state index contributed by atoms with van der Waals surface area (Å²) in [5.74, 6) is 1.12. The average Bonchev–Trinajstić information content (AvgIpc) is 3.04. The Morgan fingerprint density at radius 2 is 1.77 bits per heavy atom. The van der Waals surface area contributed by atoms with Crippen molar-refractivity contribution in [1.29, 1.82) is 0 Å². The lowest BCUT2D eigenvalue weighted by Gasteiger charge is -2.30. The van der Waals surface area contributed by atoms with E-state index in [2.05, 4.69) is 84.8 Å². The Morgan fingerprint density at radius 1 is 0.968 bits per heavy atom. The first-order valence-electron chi connectivity index (χ1n) is 11.0. The van der Waals surface area contributed by atoms with Gasteiger partial charge in [0.05, 0.1) is 5.52 Å². The Morgan fingerprint density at radius 3 is 2.55 bits per heavy atom. The van der Waals surface area contributed by atoms with E-state index < -0.39 is 0 Å². The number of aromatic nitrogens is 2. The lowest BCUT2D eigenvalue weighted by molar-refractivity contribution is 0.715. The Kier molecular flexibility index (Phi) is 6.06. The van der Waals surface area contributed by atoms with Crippen LogP contribution in [0.2, 0.25) is 0 Å². The zero-order valence-corrected chi connectivity index (χ0v) is 19.4. The van der Waals surface area contributed by atoms with E-state index >= 15 is 0 Å². The predicted molar refractivity (Wildman–Crippen MR) is 133 cm³/mol. The van der Waals surface area contributed by atoms with Gasteiger partial charge in [0.15, 0.2) is 5.82 Å². The third-order valence-electron chi connectivity index (χ3n) is 6.53. The topological polar surface area (TPSA) is 21.1 Å². The molecule has 0 fully saturated rings. The zero-order chi connectivity index (χ0) is 20.7. The van der Waals surface area contributed by atoms with Crippen LogP contribution >= 0.6 is 12.4 Å². The molecule has 2 aromatic carbocycles. The van der Waals surface area contributed by atoms with Crippen LogP contribution in [0.5, 0.6) is 0 Å². The summed E-state index contributed by atoms with van der Waals surface area (Å²) < 4.78 is 2.52. The highest BCUT2D eigenvalue weighted by atomic mass is 35.5. The van der Waals surface area contributed by atoms with Gasteiger partial charge in [-0.15, -0.1) is 12.4 Å². The largest absolute Gasteiger partial charge is 0.350 e. The molecule has 0 radical (unpaired) electrons. The number of hydrogen-bond acceptors (Lipinski definition) is 2. The molecule has 2 aromatic heterocycles. The molecular formula is C27H30ClN3. The molecule has 31 heavy (non-hydrogen) atoms. The maximum absolute atomic E-state index is 4.92. The van der Waals surface area contributed by atoms with Crippen molar-refractivity contribution in [2.45, 2.75) is 46.7 Å². The molecule has 0 saturated carbocycles. The molecule has 4 heteroatoms. The van der Waals surface area contributed by atoms with E-state index in [1.807, 2.05) is 6.20 Å². The van der Waals surface area contributed by atoms with E-state index in [4.69, 9.17) is 4.98 Å². The summed E-state index contributed by atoms with van der Waals surface area (Å²) in [5.41, 5.74) is 9.64. The second-order valence-corrected chi connectivity index (χ2v) is 8.47.